The predicted octanol–water partition coefficient (Wildman–Crippen LogP) is 1.10. The summed E-state index contributed by atoms with van der Waals surface area (Å²) in [5, 5.41) is 7.69. The van der Waals surface area contributed by atoms with E-state index in [1.165, 1.54) is 0 Å². The maximum atomic E-state index is 12.8. The zero-order valence-corrected chi connectivity index (χ0v) is 8.65. The average molecular weight is 272 g/mol. The lowest BCUT2D eigenvalue weighted by atomic mass is 10.4. The molecule has 0 atom stereocenters. The fourth-order valence-electron chi connectivity index (χ4n) is 0.824. The highest BCUT2D eigenvalue weighted by molar-refractivity contribution is 7.99. The summed E-state index contributed by atoms with van der Waals surface area (Å²) < 4.78 is 49.5. The molecule has 0 fully saturated rings. The van der Waals surface area contributed by atoms with E-state index in [9.17, 15) is 27.2 Å². The minimum Gasteiger partial charge on any atom is -0.481 e. The lowest BCUT2D eigenvalue weighted by Gasteiger charge is -2.07. The second-order valence-corrected chi connectivity index (χ2v) is 3.68. The Kier molecular flexibility index (Phi) is 3.76. The van der Waals surface area contributed by atoms with E-state index in [0.29, 0.717) is 11.8 Å². The third-order valence-corrected chi connectivity index (χ3v) is 2.30. The summed E-state index contributed by atoms with van der Waals surface area (Å²) in [6.07, 6.45) is -5.11. The Balaban J connectivity index is 3.15. The molecule has 17 heavy (non-hydrogen) atoms. The van der Waals surface area contributed by atoms with Crippen molar-refractivity contribution in [2.24, 2.45) is 0 Å². The molecule has 2 N–H and O–H groups in total. The van der Waals surface area contributed by atoms with Gasteiger partial charge in [-0.3, -0.25) is 14.6 Å². The number of aliphatic carboxylic acids is 1. The Bertz CT molecular complexity index is 499. The van der Waals surface area contributed by atoms with Crippen LogP contribution in [0.2, 0.25) is 0 Å². The lowest BCUT2D eigenvalue weighted by molar-refractivity contribution is -0.144. The quantitative estimate of drug-likeness (QED) is 0.489. The molecule has 0 aliphatic rings. The molecule has 0 unspecified atom stereocenters. The molecular formula is C7H4F4N2O3S. The Morgan fingerprint density at radius 2 is 2.06 bits per heavy atom. The molecule has 94 valence electrons. The van der Waals surface area contributed by atoms with Gasteiger partial charge >= 0.3 is 12.1 Å². The van der Waals surface area contributed by atoms with Crippen molar-refractivity contribution in [3.63, 3.8) is 0 Å². The van der Waals surface area contributed by atoms with Crippen LogP contribution in [0.5, 0.6) is 0 Å². The van der Waals surface area contributed by atoms with Gasteiger partial charge in [-0.25, -0.2) is 4.98 Å². The number of carboxylic acid groups (broad SMARTS) is 1. The van der Waals surface area contributed by atoms with Crippen molar-refractivity contribution in [3.05, 3.63) is 21.9 Å². The number of thioether (sulfide) groups is 1. The Labute approximate surface area is 94.9 Å². The number of nitrogens with one attached hydrogen (secondary N) is 1. The van der Waals surface area contributed by atoms with Crippen molar-refractivity contribution in [2.75, 3.05) is 5.75 Å². The molecule has 1 aromatic heterocycles. The van der Waals surface area contributed by atoms with Gasteiger partial charge in [-0.1, -0.05) is 11.8 Å². The third-order valence-electron chi connectivity index (χ3n) is 1.44. The molecule has 1 aromatic rings. The summed E-state index contributed by atoms with van der Waals surface area (Å²) in [5.41, 5.74) is -3.56. The number of carbonyl (C=O) groups is 1. The first-order valence-electron chi connectivity index (χ1n) is 3.93. The molecule has 1 rings (SSSR count). The summed E-state index contributed by atoms with van der Waals surface area (Å²) in [6.45, 7) is 0. The first kappa shape index (κ1) is 13.5. The second-order valence-electron chi connectivity index (χ2n) is 2.71. The van der Waals surface area contributed by atoms with E-state index >= 15 is 0 Å². The SMILES string of the molecule is O=C(O)CSc1nc(C(F)(F)F)c(F)c(=O)[nH]1. The van der Waals surface area contributed by atoms with Crippen LogP contribution < -0.4 is 5.56 Å². The Morgan fingerprint density at radius 3 is 2.53 bits per heavy atom. The summed E-state index contributed by atoms with van der Waals surface area (Å²) in [5.74, 6) is -3.96. The van der Waals surface area contributed by atoms with Crippen LogP contribution in [0.4, 0.5) is 17.6 Å². The lowest BCUT2D eigenvalue weighted by Crippen LogP contribution is -2.23. The van der Waals surface area contributed by atoms with Crippen LogP contribution in [0.3, 0.4) is 0 Å². The van der Waals surface area contributed by atoms with E-state index in [1.54, 1.807) is 4.98 Å². The molecule has 5 nitrogen and oxygen atoms in total. The number of aromatic nitrogens is 2. The van der Waals surface area contributed by atoms with Crippen LogP contribution in [-0.4, -0.2) is 26.8 Å². The number of H-pyrrole nitrogens is 1. The van der Waals surface area contributed by atoms with Gasteiger partial charge in [0.2, 0.25) is 5.82 Å². The van der Waals surface area contributed by atoms with E-state index < -0.39 is 40.1 Å². The summed E-state index contributed by atoms with van der Waals surface area (Å²) >= 11 is 0.349. The van der Waals surface area contributed by atoms with Gasteiger partial charge in [-0.2, -0.15) is 17.6 Å². The summed E-state index contributed by atoms with van der Waals surface area (Å²) in [7, 11) is 0. The van der Waals surface area contributed by atoms with Crippen LogP contribution in [-0.2, 0) is 11.0 Å². The highest BCUT2D eigenvalue weighted by Crippen LogP contribution is 2.29. The fourth-order valence-corrected chi connectivity index (χ4v) is 1.41. The summed E-state index contributed by atoms with van der Waals surface area (Å²) in [4.78, 5) is 25.5. The monoisotopic (exact) mass is 272 g/mol. The molecule has 0 radical (unpaired) electrons. The van der Waals surface area contributed by atoms with Gasteiger partial charge in [0.1, 0.15) is 0 Å². The minimum absolute atomic E-state index is 0.349. The van der Waals surface area contributed by atoms with Gasteiger partial charge in [-0.15, -0.1) is 0 Å². The molecule has 0 bridgehead atoms. The molecule has 10 heteroatoms. The van der Waals surface area contributed by atoms with Gasteiger partial charge < -0.3 is 5.11 Å². The molecular weight excluding hydrogens is 268 g/mol. The topological polar surface area (TPSA) is 83.0 Å². The number of carboxylic acids is 1. The molecule has 1 heterocycles. The van der Waals surface area contributed by atoms with Crippen LogP contribution >= 0.6 is 11.8 Å². The van der Waals surface area contributed by atoms with Crippen LogP contribution in [0, 0.1) is 5.82 Å². The van der Waals surface area contributed by atoms with E-state index in [-0.39, 0.29) is 0 Å². The smallest absolute Gasteiger partial charge is 0.436 e. The molecule has 0 aromatic carbocycles. The van der Waals surface area contributed by atoms with Gasteiger partial charge in [0, 0.05) is 0 Å². The molecule has 0 aliphatic carbocycles. The fraction of sp³-hybridized carbons (Fsp3) is 0.286. The molecule has 0 amide bonds. The average Bonchev–Trinajstić information content (AvgIpc) is 2.17. The first-order chi connectivity index (χ1) is 7.71. The van der Waals surface area contributed by atoms with Crippen molar-refractivity contribution in [3.8, 4) is 0 Å². The normalized spacial score (nSPS) is 11.5. The molecule has 0 saturated heterocycles. The Hall–Kier alpha value is -1.58. The maximum Gasteiger partial charge on any atom is 0.436 e. The van der Waals surface area contributed by atoms with E-state index in [1.807, 2.05) is 0 Å². The number of hydrogen-bond acceptors (Lipinski definition) is 4. The van der Waals surface area contributed by atoms with Crippen LogP contribution in [0.1, 0.15) is 5.69 Å². The zero-order valence-electron chi connectivity index (χ0n) is 7.84. The van der Waals surface area contributed by atoms with E-state index in [2.05, 4.69) is 4.98 Å². The molecule has 0 saturated carbocycles. The highest BCUT2D eigenvalue weighted by Gasteiger charge is 2.38. The van der Waals surface area contributed by atoms with Gasteiger partial charge in [0.15, 0.2) is 10.9 Å². The number of alkyl halides is 3. The number of halogens is 4. The number of nitrogens with zero attached hydrogens (tertiary/aromatic N) is 1. The van der Waals surface area contributed by atoms with Crippen molar-refractivity contribution >= 4 is 17.7 Å². The number of aromatic amines is 1. The van der Waals surface area contributed by atoms with Gasteiger partial charge in [-0.05, 0) is 0 Å². The van der Waals surface area contributed by atoms with E-state index in [4.69, 9.17) is 5.11 Å². The predicted molar refractivity (Wildman–Crippen MR) is 48.2 cm³/mol. The van der Waals surface area contributed by atoms with Crippen LogP contribution in [0.25, 0.3) is 0 Å². The Morgan fingerprint density at radius 1 is 1.47 bits per heavy atom. The molecule has 0 aliphatic heterocycles. The number of rotatable bonds is 3. The van der Waals surface area contributed by atoms with E-state index in [0.717, 1.165) is 0 Å². The van der Waals surface area contributed by atoms with Crippen LogP contribution in [0.15, 0.2) is 9.95 Å². The highest BCUT2D eigenvalue weighted by atomic mass is 32.2. The first-order valence-corrected chi connectivity index (χ1v) is 4.92. The largest absolute Gasteiger partial charge is 0.481 e. The summed E-state index contributed by atoms with van der Waals surface area (Å²) in [6, 6.07) is 0. The number of hydrogen-bond donors (Lipinski definition) is 2. The third kappa shape index (κ3) is 3.44. The molecule has 0 spiro atoms. The standard InChI is InChI=1S/C7H4F4N2O3S/c8-3-4(7(9,10)11)12-6(13-5(3)16)17-1-2(14)15/h1H2,(H,14,15)(H,12,13,16). The van der Waals surface area contributed by atoms with Crippen molar-refractivity contribution in [2.45, 2.75) is 11.3 Å². The maximum absolute atomic E-state index is 12.8. The zero-order chi connectivity index (χ0) is 13.2. The van der Waals surface area contributed by atoms with Crippen molar-refractivity contribution in [1.82, 2.24) is 9.97 Å². The minimum atomic E-state index is -5.11. The van der Waals surface area contributed by atoms with Gasteiger partial charge in [0.25, 0.3) is 5.56 Å². The van der Waals surface area contributed by atoms with Crippen molar-refractivity contribution in [1.29, 1.82) is 0 Å². The second kappa shape index (κ2) is 4.73. The van der Waals surface area contributed by atoms with Crippen molar-refractivity contribution < 1.29 is 27.5 Å². The van der Waals surface area contributed by atoms with Gasteiger partial charge in [0.05, 0.1) is 5.75 Å².